The van der Waals surface area contributed by atoms with Gasteiger partial charge < -0.3 is 9.80 Å². The number of carbonyl (C=O) groups excluding carboxylic acids is 1. The van der Waals surface area contributed by atoms with E-state index in [1.807, 2.05) is 11.4 Å². The third-order valence-electron chi connectivity index (χ3n) is 4.18. The number of nitrogens with zero attached hydrogens (tertiary/aromatic N) is 4. The summed E-state index contributed by atoms with van der Waals surface area (Å²) in [6, 6.07) is 7.68. The van der Waals surface area contributed by atoms with Crippen molar-refractivity contribution in [3.05, 3.63) is 53.4 Å². The predicted octanol–water partition coefficient (Wildman–Crippen LogP) is 2.79. The van der Waals surface area contributed by atoms with Crippen molar-refractivity contribution < 1.29 is 9.18 Å². The van der Waals surface area contributed by atoms with Crippen LogP contribution in [0.3, 0.4) is 0 Å². The van der Waals surface area contributed by atoms with Crippen LogP contribution in [0.25, 0.3) is 10.2 Å². The first kappa shape index (κ1) is 15.0. The molecule has 0 aliphatic carbocycles. The number of rotatable bonds is 2. The largest absolute Gasteiger partial charge is 0.352 e. The minimum atomic E-state index is -0.333. The molecule has 2 aromatic heterocycles. The molecule has 1 amide bonds. The first-order valence-corrected chi connectivity index (χ1v) is 8.58. The maximum Gasteiger partial charge on any atom is 0.253 e. The lowest BCUT2D eigenvalue weighted by Crippen LogP contribution is -2.49. The summed E-state index contributed by atoms with van der Waals surface area (Å²) in [4.78, 5) is 25.2. The van der Waals surface area contributed by atoms with Crippen LogP contribution in [-0.2, 0) is 0 Å². The Morgan fingerprint density at radius 1 is 1.04 bits per heavy atom. The lowest BCUT2D eigenvalue weighted by Gasteiger charge is -2.35. The third-order valence-corrected chi connectivity index (χ3v) is 5.08. The van der Waals surface area contributed by atoms with Gasteiger partial charge in [0.05, 0.1) is 10.2 Å². The van der Waals surface area contributed by atoms with Gasteiger partial charge >= 0.3 is 0 Å². The molecule has 0 atom stereocenters. The molecular weight excluding hydrogens is 327 g/mol. The summed E-state index contributed by atoms with van der Waals surface area (Å²) in [5, 5.41) is 2.01. The highest BCUT2D eigenvalue weighted by molar-refractivity contribution is 7.17. The average molecular weight is 342 g/mol. The van der Waals surface area contributed by atoms with E-state index < -0.39 is 0 Å². The number of anilines is 1. The Bertz CT molecular complexity index is 872. The zero-order valence-corrected chi connectivity index (χ0v) is 13.7. The molecule has 3 heterocycles. The van der Waals surface area contributed by atoms with E-state index in [0.717, 1.165) is 29.1 Å². The maximum absolute atomic E-state index is 13.0. The average Bonchev–Trinajstić information content (AvgIpc) is 3.11. The topological polar surface area (TPSA) is 49.3 Å². The van der Waals surface area contributed by atoms with E-state index in [1.54, 1.807) is 22.6 Å². The predicted molar refractivity (Wildman–Crippen MR) is 91.9 cm³/mol. The molecule has 0 spiro atoms. The second-order valence-corrected chi connectivity index (χ2v) is 6.53. The van der Waals surface area contributed by atoms with Gasteiger partial charge in [0, 0.05) is 31.7 Å². The Hall–Kier alpha value is -2.54. The number of amides is 1. The molecule has 7 heteroatoms. The van der Waals surface area contributed by atoms with Gasteiger partial charge in [0.1, 0.15) is 18.0 Å². The van der Waals surface area contributed by atoms with Crippen molar-refractivity contribution in [2.24, 2.45) is 0 Å². The van der Waals surface area contributed by atoms with Crippen LogP contribution in [0, 0.1) is 5.82 Å². The molecule has 0 unspecified atom stereocenters. The molecule has 0 N–H and O–H groups in total. The molecule has 4 rings (SSSR count). The molecule has 24 heavy (non-hydrogen) atoms. The van der Waals surface area contributed by atoms with Crippen molar-refractivity contribution in [1.82, 2.24) is 14.9 Å². The molecule has 0 saturated carbocycles. The molecule has 1 aromatic carbocycles. The van der Waals surface area contributed by atoms with Gasteiger partial charge in [-0.2, -0.15) is 0 Å². The van der Waals surface area contributed by atoms with Gasteiger partial charge in [0.15, 0.2) is 0 Å². The highest BCUT2D eigenvalue weighted by Crippen LogP contribution is 2.28. The molecule has 3 aromatic rings. The third kappa shape index (κ3) is 2.71. The zero-order chi connectivity index (χ0) is 16.5. The second kappa shape index (κ2) is 6.16. The number of fused-ring (bicyclic) bond motifs is 1. The number of halogens is 1. The van der Waals surface area contributed by atoms with Crippen LogP contribution in [0.5, 0.6) is 0 Å². The Balaban J connectivity index is 1.48. The highest BCUT2D eigenvalue weighted by Gasteiger charge is 2.24. The first-order valence-electron chi connectivity index (χ1n) is 7.70. The van der Waals surface area contributed by atoms with Gasteiger partial charge in [0.25, 0.3) is 5.91 Å². The van der Waals surface area contributed by atoms with Crippen molar-refractivity contribution >= 4 is 33.3 Å². The number of hydrogen-bond acceptors (Lipinski definition) is 5. The fourth-order valence-corrected chi connectivity index (χ4v) is 3.76. The molecule has 1 aliphatic rings. The van der Waals surface area contributed by atoms with Crippen LogP contribution in [0.4, 0.5) is 10.2 Å². The summed E-state index contributed by atoms with van der Waals surface area (Å²) in [7, 11) is 0. The smallest absolute Gasteiger partial charge is 0.253 e. The van der Waals surface area contributed by atoms with Crippen LogP contribution in [0.2, 0.25) is 0 Å². The van der Waals surface area contributed by atoms with Crippen molar-refractivity contribution in [1.29, 1.82) is 0 Å². The van der Waals surface area contributed by atoms with Gasteiger partial charge in [-0.05, 0) is 35.7 Å². The van der Waals surface area contributed by atoms with Crippen LogP contribution in [0.15, 0.2) is 42.0 Å². The fourth-order valence-electron chi connectivity index (χ4n) is 2.90. The Morgan fingerprint density at radius 2 is 1.79 bits per heavy atom. The van der Waals surface area contributed by atoms with Crippen molar-refractivity contribution in [3.63, 3.8) is 0 Å². The normalized spacial score (nSPS) is 15.0. The van der Waals surface area contributed by atoms with Crippen LogP contribution in [0.1, 0.15) is 10.4 Å². The molecule has 1 saturated heterocycles. The Labute approximate surface area is 142 Å². The summed E-state index contributed by atoms with van der Waals surface area (Å²) < 4.78 is 14.1. The zero-order valence-electron chi connectivity index (χ0n) is 12.9. The van der Waals surface area contributed by atoms with E-state index in [-0.39, 0.29) is 11.7 Å². The maximum atomic E-state index is 13.0. The van der Waals surface area contributed by atoms with Crippen molar-refractivity contribution in [3.8, 4) is 0 Å². The molecule has 122 valence electrons. The van der Waals surface area contributed by atoms with Gasteiger partial charge in [-0.3, -0.25) is 4.79 Å². The number of benzene rings is 1. The molecule has 0 radical (unpaired) electrons. The SMILES string of the molecule is O=C(c1ccc(F)cc1)N1CCN(c2ncnc3ccsc23)CC1. The summed E-state index contributed by atoms with van der Waals surface area (Å²) in [6.07, 6.45) is 1.58. The van der Waals surface area contributed by atoms with Crippen LogP contribution in [-0.4, -0.2) is 47.0 Å². The summed E-state index contributed by atoms with van der Waals surface area (Å²) >= 11 is 1.63. The highest BCUT2D eigenvalue weighted by atomic mass is 32.1. The number of piperazine rings is 1. The van der Waals surface area contributed by atoms with Crippen molar-refractivity contribution in [2.75, 3.05) is 31.1 Å². The van der Waals surface area contributed by atoms with Crippen LogP contribution >= 0.6 is 11.3 Å². The molecule has 1 aliphatic heterocycles. The first-order chi connectivity index (χ1) is 11.7. The Morgan fingerprint density at radius 3 is 2.54 bits per heavy atom. The van der Waals surface area contributed by atoms with Gasteiger partial charge in [-0.1, -0.05) is 0 Å². The monoisotopic (exact) mass is 342 g/mol. The van der Waals surface area contributed by atoms with Gasteiger partial charge in [0.2, 0.25) is 0 Å². The molecule has 0 bridgehead atoms. The second-order valence-electron chi connectivity index (χ2n) is 5.62. The van der Waals surface area contributed by atoms with E-state index in [2.05, 4.69) is 14.9 Å². The van der Waals surface area contributed by atoms with Crippen LogP contribution < -0.4 is 4.90 Å². The number of aromatic nitrogens is 2. The minimum Gasteiger partial charge on any atom is -0.352 e. The van der Waals surface area contributed by atoms with E-state index in [0.29, 0.717) is 18.7 Å². The fraction of sp³-hybridized carbons (Fsp3) is 0.235. The van der Waals surface area contributed by atoms with E-state index in [1.165, 1.54) is 24.3 Å². The Kier molecular flexibility index (Phi) is 3.86. The van der Waals surface area contributed by atoms with Gasteiger partial charge in [-0.25, -0.2) is 14.4 Å². The van der Waals surface area contributed by atoms with Crippen molar-refractivity contribution in [2.45, 2.75) is 0 Å². The molecule has 5 nitrogen and oxygen atoms in total. The van der Waals surface area contributed by atoms with E-state index >= 15 is 0 Å². The number of thiophene rings is 1. The minimum absolute atomic E-state index is 0.0568. The summed E-state index contributed by atoms with van der Waals surface area (Å²) in [5.74, 6) is 0.544. The van der Waals surface area contributed by atoms with E-state index in [9.17, 15) is 9.18 Å². The number of carbonyl (C=O) groups is 1. The lowest BCUT2D eigenvalue weighted by atomic mass is 10.2. The van der Waals surface area contributed by atoms with Gasteiger partial charge in [-0.15, -0.1) is 11.3 Å². The summed E-state index contributed by atoms with van der Waals surface area (Å²) in [6.45, 7) is 2.67. The number of hydrogen-bond donors (Lipinski definition) is 0. The molecule has 1 fully saturated rings. The van der Waals surface area contributed by atoms with E-state index in [4.69, 9.17) is 0 Å². The quantitative estimate of drug-likeness (QED) is 0.719. The molecular formula is C17H15FN4OS. The summed E-state index contributed by atoms with van der Waals surface area (Å²) in [5.41, 5.74) is 1.47. The lowest BCUT2D eigenvalue weighted by molar-refractivity contribution is 0.0746. The standard InChI is InChI=1S/C17H15FN4OS/c18-13-3-1-12(2-4-13)17(23)22-8-6-21(7-9-22)16-15-14(5-10-24-15)19-11-20-16/h1-5,10-11H,6-9H2.